The monoisotopic (exact) mass is 260 g/mol. The Morgan fingerprint density at radius 2 is 1.83 bits per heavy atom. The molecular formula is C12H15F3N2O. The van der Waals surface area contributed by atoms with E-state index in [0.717, 1.165) is 0 Å². The molecule has 1 amide bonds. The predicted molar refractivity (Wildman–Crippen MR) is 62.4 cm³/mol. The number of benzene rings is 1. The highest BCUT2D eigenvalue weighted by Crippen LogP contribution is 2.21. The molecule has 1 rings (SSSR count). The summed E-state index contributed by atoms with van der Waals surface area (Å²) in [5, 5.41) is 2.12. The molecule has 1 aromatic rings. The van der Waals surface area contributed by atoms with Gasteiger partial charge in [0, 0.05) is 12.1 Å². The van der Waals surface area contributed by atoms with E-state index >= 15 is 0 Å². The summed E-state index contributed by atoms with van der Waals surface area (Å²) in [5.74, 6) is -4.31. The molecule has 0 bridgehead atoms. The number of anilines is 1. The van der Waals surface area contributed by atoms with Crippen LogP contribution in [0.4, 0.5) is 18.9 Å². The summed E-state index contributed by atoms with van der Waals surface area (Å²) >= 11 is 0. The summed E-state index contributed by atoms with van der Waals surface area (Å²) in [6.45, 7) is 3.40. The molecule has 0 aliphatic rings. The zero-order valence-corrected chi connectivity index (χ0v) is 10.2. The van der Waals surface area contributed by atoms with E-state index in [-0.39, 0.29) is 0 Å². The molecule has 0 saturated heterocycles. The van der Waals surface area contributed by atoms with Crippen molar-refractivity contribution >= 4 is 11.6 Å². The third kappa shape index (κ3) is 2.81. The molecule has 0 saturated carbocycles. The average Bonchev–Trinajstić information content (AvgIpc) is 2.34. The van der Waals surface area contributed by atoms with Gasteiger partial charge in [0.15, 0.2) is 11.6 Å². The number of carbonyl (C=O) groups excluding carboxylic acids is 1. The number of nitrogens with two attached hydrogens (primary N) is 1. The molecule has 100 valence electrons. The summed E-state index contributed by atoms with van der Waals surface area (Å²) in [6.07, 6.45) is 0.656. The van der Waals surface area contributed by atoms with Crippen molar-refractivity contribution in [2.75, 3.05) is 5.32 Å². The van der Waals surface area contributed by atoms with E-state index in [1.165, 1.54) is 0 Å². The Labute approximate surface area is 103 Å². The van der Waals surface area contributed by atoms with Crippen LogP contribution >= 0.6 is 0 Å². The van der Waals surface area contributed by atoms with Crippen molar-refractivity contribution < 1.29 is 18.0 Å². The molecule has 0 radical (unpaired) electrons. The smallest absolute Gasteiger partial charge is 0.244 e. The first kappa shape index (κ1) is 14.5. The van der Waals surface area contributed by atoms with E-state index in [9.17, 15) is 18.0 Å². The first-order valence-corrected chi connectivity index (χ1v) is 5.59. The van der Waals surface area contributed by atoms with Gasteiger partial charge in [-0.1, -0.05) is 13.8 Å². The minimum absolute atomic E-state index is 0.328. The van der Waals surface area contributed by atoms with Crippen LogP contribution in [0.5, 0.6) is 0 Å². The molecule has 0 spiro atoms. The van der Waals surface area contributed by atoms with Gasteiger partial charge in [0.2, 0.25) is 5.91 Å². The zero-order valence-electron chi connectivity index (χ0n) is 10.2. The van der Waals surface area contributed by atoms with Crippen molar-refractivity contribution in [2.24, 2.45) is 5.73 Å². The molecule has 0 aliphatic carbocycles. The highest BCUT2D eigenvalue weighted by atomic mass is 19.2. The molecular weight excluding hydrogens is 245 g/mol. The first-order valence-electron chi connectivity index (χ1n) is 5.59. The van der Waals surface area contributed by atoms with Gasteiger partial charge in [0.05, 0.1) is 11.2 Å². The Morgan fingerprint density at radius 1 is 1.28 bits per heavy atom. The summed E-state index contributed by atoms with van der Waals surface area (Å²) in [4.78, 5) is 11.8. The minimum Gasteiger partial charge on any atom is -0.322 e. The van der Waals surface area contributed by atoms with Crippen LogP contribution in [-0.2, 0) is 4.79 Å². The van der Waals surface area contributed by atoms with Gasteiger partial charge >= 0.3 is 0 Å². The number of nitrogens with one attached hydrogen (secondary N) is 1. The van der Waals surface area contributed by atoms with Crippen molar-refractivity contribution in [3.63, 3.8) is 0 Å². The van der Waals surface area contributed by atoms with E-state index in [1.54, 1.807) is 13.8 Å². The highest BCUT2D eigenvalue weighted by molar-refractivity contribution is 5.97. The predicted octanol–water partition coefficient (Wildman–Crippen LogP) is 2.56. The molecule has 0 heterocycles. The zero-order chi connectivity index (χ0) is 13.9. The van der Waals surface area contributed by atoms with Crippen LogP contribution in [0.3, 0.4) is 0 Å². The standard InChI is InChI=1S/C12H15F3N2O/c1-3-12(16,4-2)11(18)17-9-6-7(13)5-8(14)10(9)15/h5-6H,3-4,16H2,1-2H3,(H,17,18). The number of amides is 1. The van der Waals surface area contributed by atoms with E-state index < -0.39 is 34.6 Å². The van der Waals surface area contributed by atoms with Gasteiger partial charge in [-0.2, -0.15) is 0 Å². The van der Waals surface area contributed by atoms with Crippen LogP contribution in [0.1, 0.15) is 26.7 Å². The molecule has 0 unspecified atom stereocenters. The Balaban J connectivity index is 3.02. The number of rotatable bonds is 4. The lowest BCUT2D eigenvalue weighted by Crippen LogP contribution is -2.50. The largest absolute Gasteiger partial charge is 0.322 e. The average molecular weight is 260 g/mol. The van der Waals surface area contributed by atoms with Gasteiger partial charge in [-0.05, 0) is 12.8 Å². The Hall–Kier alpha value is -1.56. The van der Waals surface area contributed by atoms with E-state index in [2.05, 4.69) is 5.32 Å². The molecule has 3 nitrogen and oxygen atoms in total. The number of hydrogen-bond acceptors (Lipinski definition) is 2. The minimum atomic E-state index is -1.36. The number of carbonyl (C=O) groups is 1. The second-order valence-electron chi connectivity index (χ2n) is 4.07. The summed E-state index contributed by atoms with van der Waals surface area (Å²) in [6, 6.07) is 1.11. The van der Waals surface area contributed by atoms with Crippen molar-refractivity contribution in [3.8, 4) is 0 Å². The molecule has 18 heavy (non-hydrogen) atoms. The van der Waals surface area contributed by atoms with Crippen molar-refractivity contribution in [1.82, 2.24) is 0 Å². The van der Waals surface area contributed by atoms with E-state index in [0.29, 0.717) is 25.0 Å². The van der Waals surface area contributed by atoms with E-state index in [1.807, 2.05) is 0 Å². The van der Waals surface area contributed by atoms with Gasteiger partial charge in [-0.15, -0.1) is 0 Å². The second-order valence-corrected chi connectivity index (χ2v) is 4.07. The van der Waals surface area contributed by atoms with Gasteiger partial charge in [0.1, 0.15) is 5.82 Å². The lowest BCUT2D eigenvalue weighted by molar-refractivity contribution is -0.121. The molecule has 0 atom stereocenters. The summed E-state index contributed by atoms with van der Waals surface area (Å²) in [5.41, 5.74) is 4.06. The fourth-order valence-electron chi connectivity index (χ4n) is 1.46. The molecule has 0 aliphatic heterocycles. The van der Waals surface area contributed by atoms with Crippen molar-refractivity contribution in [3.05, 3.63) is 29.6 Å². The Kier molecular flexibility index (Phi) is 4.34. The number of hydrogen-bond donors (Lipinski definition) is 2. The van der Waals surface area contributed by atoms with Crippen LogP contribution in [0.25, 0.3) is 0 Å². The van der Waals surface area contributed by atoms with Crippen molar-refractivity contribution in [2.45, 2.75) is 32.2 Å². The normalized spacial score (nSPS) is 11.4. The molecule has 1 aromatic carbocycles. The van der Waals surface area contributed by atoms with Gasteiger partial charge in [0.25, 0.3) is 0 Å². The van der Waals surface area contributed by atoms with Crippen LogP contribution in [0.2, 0.25) is 0 Å². The molecule has 0 aromatic heterocycles. The first-order chi connectivity index (χ1) is 8.34. The molecule has 6 heteroatoms. The fourth-order valence-corrected chi connectivity index (χ4v) is 1.46. The summed E-state index contributed by atoms with van der Waals surface area (Å²) in [7, 11) is 0. The quantitative estimate of drug-likeness (QED) is 0.817. The van der Waals surface area contributed by atoms with Gasteiger partial charge < -0.3 is 11.1 Å². The highest BCUT2D eigenvalue weighted by Gasteiger charge is 2.30. The maximum Gasteiger partial charge on any atom is 0.244 e. The maximum absolute atomic E-state index is 13.3. The van der Waals surface area contributed by atoms with Crippen LogP contribution < -0.4 is 11.1 Å². The second kappa shape index (κ2) is 5.39. The van der Waals surface area contributed by atoms with Crippen molar-refractivity contribution in [1.29, 1.82) is 0 Å². The third-order valence-corrected chi connectivity index (χ3v) is 2.96. The third-order valence-electron chi connectivity index (χ3n) is 2.96. The summed E-state index contributed by atoms with van der Waals surface area (Å²) < 4.78 is 39.2. The number of halogens is 3. The lowest BCUT2D eigenvalue weighted by atomic mass is 9.93. The topological polar surface area (TPSA) is 55.1 Å². The molecule has 0 fully saturated rings. The lowest BCUT2D eigenvalue weighted by Gasteiger charge is -2.25. The van der Waals surface area contributed by atoms with Crippen LogP contribution in [-0.4, -0.2) is 11.4 Å². The Morgan fingerprint density at radius 3 is 2.33 bits per heavy atom. The van der Waals surface area contributed by atoms with Crippen LogP contribution in [0.15, 0.2) is 12.1 Å². The maximum atomic E-state index is 13.3. The van der Waals surface area contributed by atoms with Gasteiger partial charge in [-0.3, -0.25) is 4.79 Å². The fraction of sp³-hybridized carbons (Fsp3) is 0.417. The SMILES string of the molecule is CCC(N)(CC)C(=O)Nc1cc(F)cc(F)c1F. The molecule has 3 N–H and O–H groups in total. The Bertz CT molecular complexity index is 459. The van der Waals surface area contributed by atoms with Gasteiger partial charge in [-0.25, -0.2) is 13.2 Å². The van der Waals surface area contributed by atoms with Crippen LogP contribution in [0, 0.1) is 17.5 Å². The van der Waals surface area contributed by atoms with E-state index in [4.69, 9.17) is 5.73 Å².